The molecule has 0 bridgehead atoms. The molecular weight excluding hydrogens is 705 g/mol. The minimum Gasteiger partial charge on any atom is -0.480 e. The van der Waals surface area contributed by atoms with Gasteiger partial charge in [-0.15, -0.1) is 0 Å². The zero-order valence-corrected chi connectivity index (χ0v) is 35.9. The summed E-state index contributed by atoms with van der Waals surface area (Å²) in [6.07, 6.45) is 47.4. The number of nitrogens with one attached hydrogen (secondary N) is 2. The van der Waals surface area contributed by atoms with Crippen LogP contribution in [0.5, 0.6) is 0 Å². The summed E-state index contributed by atoms with van der Waals surface area (Å²) in [6, 6.07) is -1.38. The second-order valence-corrected chi connectivity index (χ2v) is 15.5. The van der Waals surface area contributed by atoms with Crippen molar-refractivity contribution in [2.45, 2.75) is 225 Å². The molecule has 0 rings (SSSR count). The van der Waals surface area contributed by atoms with Gasteiger partial charge in [-0.05, 0) is 89.9 Å². The lowest BCUT2D eigenvalue weighted by molar-refractivity contribution is -0.150. The van der Waals surface area contributed by atoms with Crippen LogP contribution in [-0.2, 0) is 23.9 Å². The number of carbonyl (C=O) groups excluding carboxylic acids is 3. The number of allylic oxidation sites excluding steroid dienone is 6. The zero-order chi connectivity index (χ0) is 41.2. The third-order valence-corrected chi connectivity index (χ3v) is 10.1. The molecule has 2 amide bonds. The monoisotopic (exact) mass is 789 g/mol. The summed E-state index contributed by atoms with van der Waals surface area (Å²) in [5.41, 5.74) is 0. The van der Waals surface area contributed by atoms with E-state index in [1.165, 1.54) is 89.9 Å². The van der Waals surface area contributed by atoms with Crippen LogP contribution in [0.1, 0.15) is 213 Å². The van der Waals surface area contributed by atoms with E-state index in [0.717, 1.165) is 89.9 Å². The number of hydrogen-bond acceptors (Lipinski definition) is 6. The van der Waals surface area contributed by atoms with Gasteiger partial charge < -0.3 is 25.6 Å². The number of unbranched alkanes of at least 4 members (excludes halogenated alkanes) is 21. The Bertz CT molecular complexity index is 1040. The Labute approximate surface area is 342 Å². The molecule has 0 aromatic heterocycles. The van der Waals surface area contributed by atoms with Gasteiger partial charge in [0.15, 0.2) is 0 Å². The van der Waals surface area contributed by atoms with Gasteiger partial charge in [-0.3, -0.25) is 14.4 Å². The lowest BCUT2D eigenvalue weighted by Crippen LogP contribution is -2.47. The van der Waals surface area contributed by atoms with E-state index in [0.29, 0.717) is 12.8 Å². The molecule has 56 heavy (non-hydrogen) atoms. The predicted octanol–water partition coefficient (Wildman–Crippen LogP) is 11.4. The van der Waals surface area contributed by atoms with Gasteiger partial charge in [0, 0.05) is 12.8 Å². The highest BCUT2D eigenvalue weighted by Gasteiger charge is 2.19. The molecule has 0 aromatic carbocycles. The molecule has 0 aromatic rings. The molecule has 0 aliphatic heterocycles. The molecule has 0 saturated carbocycles. The fraction of sp³-hybridized carbons (Fsp3) is 0.787. The Morgan fingerprint density at radius 2 is 0.982 bits per heavy atom. The van der Waals surface area contributed by atoms with E-state index in [1.807, 2.05) is 0 Å². The van der Waals surface area contributed by atoms with Gasteiger partial charge in [0.2, 0.25) is 11.8 Å². The molecule has 2 atom stereocenters. The first kappa shape index (κ1) is 53.1. The quantitative estimate of drug-likeness (QED) is 0.0274. The maximum absolute atomic E-state index is 12.8. The van der Waals surface area contributed by atoms with E-state index in [9.17, 15) is 19.2 Å². The second kappa shape index (κ2) is 41.7. The Hall–Kier alpha value is -2.94. The van der Waals surface area contributed by atoms with Gasteiger partial charge >= 0.3 is 11.9 Å². The molecule has 4 N–H and O–H groups in total. The molecule has 0 fully saturated rings. The lowest BCUT2D eigenvalue weighted by atomic mass is 10.0. The number of aliphatic hydroxyl groups excluding tert-OH is 1. The number of amides is 2. The van der Waals surface area contributed by atoms with E-state index < -0.39 is 24.5 Å². The van der Waals surface area contributed by atoms with Crippen LogP contribution in [-0.4, -0.2) is 59.3 Å². The fourth-order valence-corrected chi connectivity index (χ4v) is 6.57. The third-order valence-electron chi connectivity index (χ3n) is 10.1. The molecule has 0 aliphatic carbocycles. The number of carboxylic acid groups (broad SMARTS) is 1. The number of carbonyl (C=O) groups is 4. The highest BCUT2D eigenvalue weighted by molar-refractivity contribution is 5.87. The molecule has 0 aliphatic rings. The highest BCUT2D eigenvalue weighted by Crippen LogP contribution is 2.18. The maximum Gasteiger partial charge on any atom is 0.328 e. The molecule has 0 saturated heterocycles. The molecule has 324 valence electrons. The Kier molecular flexibility index (Phi) is 39.5. The van der Waals surface area contributed by atoms with Crippen molar-refractivity contribution in [3.63, 3.8) is 0 Å². The first-order valence-corrected chi connectivity index (χ1v) is 22.9. The summed E-state index contributed by atoms with van der Waals surface area (Å²) < 4.78 is 6.02. The van der Waals surface area contributed by atoms with Crippen molar-refractivity contribution in [1.82, 2.24) is 10.6 Å². The number of rotatable bonds is 41. The number of ether oxygens (including phenoxy) is 1. The van der Waals surface area contributed by atoms with Crippen LogP contribution in [0.4, 0.5) is 0 Å². The topological polar surface area (TPSA) is 142 Å². The van der Waals surface area contributed by atoms with Crippen LogP contribution in [0.15, 0.2) is 36.5 Å². The van der Waals surface area contributed by atoms with Gasteiger partial charge in [0.1, 0.15) is 12.1 Å². The first-order chi connectivity index (χ1) is 27.3. The standard InChI is InChI=1S/C47H84N2O7/c1-3-5-7-9-11-13-15-17-18-20-22-24-26-31-35-39-46(53)56-42(36-32-28-25-23-21-19-16-14-12-10-8-6-4-2)37-33-29-27-30-34-38-44(51)48-40-45(52)49-43(41-50)47(54)55/h11,13,17-18,23,25,42-43,50H,3-10,12,14-16,19-22,24,26-41H2,1-2H3,(H,48,51)(H,49,52)(H,54,55)/b13-11-,18-17-,25-23-. The molecule has 0 radical (unpaired) electrons. The van der Waals surface area contributed by atoms with E-state index in [4.69, 9.17) is 14.9 Å². The first-order valence-electron chi connectivity index (χ1n) is 22.9. The Morgan fingerprint density at radius 1 is 0.536 bits per heavy atom. The summed E-state index contributed by atoms with van der Waals surface area (Å²) in [6.45, 7) is 3.46. The van der Waals surface area contributed by atoms with Gasteiger partial charge in [0.05, 0.1) is 13.2 Å². The molecule has 0 spiro atoms. The highest BCUT2D eigenvalue weighted by atomic mass is 16.5. The van der Waals surface area contributed by atoms with Crippen LogP contribution in [0, 0.1) is 0 Å². The normalized spacial score (nSPS) is 12.8. The van der Waals surface area contributed by atoms with Crippen molar-refractivity contribution >= 4 is 23.8 Å². The maximum atomic E-state index is 12.8. The number of aliphatic carboxylic acids is 1. The van der Waals surface area contributed by atoms with Crippen molar-refractivity contribution in [3.05, 3.63) is 36.5 Å². The smallest absolute Gasteiger partial charge is 0.328 e. The van der Waals surface area contributed by atoms with E-state index in [-0.39, 0.29) is 30.9 Å². The average molecular weight is 789 g/mol. The lowest BCUT2D eigenvalue weighted by Gasteiger charge is -2.18. The van der Waals surface area contributed by atoms with Crippen molar-refractivity contribution in [2.24, 2.45) is 0 Å². The summed E-state index contributed by atoms with van der Waals surface area (Å²) in [5.74, 6) is -2.32. The number of aliphatic hydroxyl groups is 1. The predicted molar refractivity (Wildman–Crippen MR) is 231 cm³/mol. The summed E-state index contributed by atoms with van der Waals surface area (Å²) in [5, 5.41) is 22.6. The van der Waals surface area contributed by atoms with E-state index in [2.05, 4.69) is 60.9 Å². The van der Waals surface area contributed by atoms with Crippen molar-refractivity contribution in [1.29, 1.82) is 0 Å². The number of carboxylic acids is 1. The molecule has 0 heterocycles. The molecular formula is C47H84N2O7. The largest absolute Gasteiger partial charge is 0.480 e. The van der Waals surface area contributed by atoms with E-state index >= 15 is 0 Å². The average Bonchev–Trinajstić information content (AvgIpc) is 3.18. The second-order valence-electron chi connectivity index (χ2n) is 15.5. The third kappa shape index (κ3) is 38.0. The van der Waals surface area contributed by atoms with Crippen molar-refractivity contribution in [2.75, 3.05) is 13.2 Å². The van der Waals surface area contributed by atoms with Gasteiger partial charge in [0.25, 0.3) is 0 Å². The van der Waals surface area contributed by atoms with Crippen LogP contribution >= 0.6 is 0 Å². The van der Waals surface area contributed by atoms with E-state index in [1.54, 1.807) is 0 Å². The Balaban J connectivity index is 4.38. The van der Waals surface area contributed by atoms with Gasteiger partial charge in [-0.1, -0.05) is 147 Å². The van der Waals surface area contributed by atoms with Gasteiger partial charge in [-0.2, -0.15) is 0 Å². The summed E-state index contributed by atoms with van der Waals surface area (Å²) in [4.78, 5) is 47.6. The van der Waals surface area contributed by atoms with Crippen LogP contribution in [0.3, 0.4) is 0 Å². The Morgan fingerprint density at radius 3 is 1.55 bits per heavy atom. The fourth-order valence-electron chi connectivity index (χ4n) is 6.57. The van der Waals surface area contributed by atoms with Gasteiger partial charge in [-0.25, -0.2) is 4.79 Å². The van der Waals surface area contributed by atoms with Crippen LogP contribution in [0.2, 0.25) is 0 Å². The number of hydrogen-bond donors (Lipinski definition) is 4. The number of esters is 1. The zero-order valence-electron chi connectivity index (χ0n) is 35.9. The molecule has 2 unspecified atom stereocenters. The van der Waals surface area contributed by atoms with Crippen molar-refractivity contribution in [3.8, 4) is 0 Å². The SMILES string of the molecule is CCCCC/C=C\C/C=C\CCCCCCCC(=O)OC(CCC/C=C\CCCCCCCCCC)CCCCCCCC(=O)NCC(=O)NC(CO)C(=O)O. The van der Waals surface area contributed by atoms with Crippen molar-refractivity contribution < 1.29 is 34.1 Å². The summed E-state index contributed by atoms with van der Waals surface area (Å²) in [7, 11) is 0. The molecule has 9 nitrogen and oxygen atoms in total. The minimum atomic E-state index is -1.38. The van der Waals surface area contributed by atoms with Crippen LogP contribution < -0.4 is 10.6 Å². The minimum absolute atomic E-state index is 0.0509. The van der Waals surface area contributed by atoms with Crippen LogP contribution in [0.25, 0.3) is 0 Å². The summed E-state index contributed by atoms with van der Waals surface area (Å²) >= 11 is 0. The molecule has 9 heteroatoms.